The highest BCUT2D eigenvalue weighted by atomic mass is 19.1. The first-order valence-electron chi connectivity index (χ1n) is 11.9. The molecule has 4 rings (SSSR count). The molecule has 4 atom stereocenters. The third-order valence-corrected chi connectivity index (χ3v) is 8.02. The summed E-state index contributed by atoms with van der Waals surface area (Å²) in [6.45, 7) is 9.84. The Balaban J connectivity index is 1.54. The Morgan fingerprint density at radius 2 is 2.03 bits per heavy atom. The van der Waals surface area contributed by atoms with E-state index in [1.54, 1.807) is 19.4 Å². The minimum atomic E-state index is -1.13. The topological polar surface area (TPSA) is 40.5 Å². The van der Waals surface area contributed by atoms with E-state index in [0.29, 0.717) is 17.9 Å². The van der Waals surface area contributed by atoms with Crippen molar-refractivity contribution in [3.63, 3.8) is 0 Å². The van der Waals surface area contributed by atoms with Gasteiger partial charge in [0.15, 0.2) is 0 Å². The van der Waals surface area contributed by atoms with Crippen LogP contribution in [0.1, 0.15) is 78.6 Å². The monoisotopic (exact) mass is 424 g/mol. The molecule has 2 unspecified atom stereocenters. The van der Waals surface area contributed by atoms with Crippen LogP contribution in [0.5, 0.6) is 0 Å². The van der Waals surface area contributed by atoms with Crippen LogP contribution in [0.2, 0.25) is 0 Å². The Hall–Kier alpha value is -1.63. The fraction of sp³-hybridized carbons (Fsp3) is 0.643. The van der Waals surface area contributed by atoms with Crippen LogP contribution < -0.4 is 0 Å². The van der Waals surface area contributed by atoms with Gasteiger partial charge in [-0.05, 0) is 81.3 Å². The number of allylic oxidation sites excluding steroid dienone is 6. The molecule has 0 saturated heterocycles. The van der Waals surface area contributed by atoms with Crippen LogP contribution in [0.25, 0.3) is 0 Å². The number of hydrogen-bond acceptors (Lipinski definition) is 2. The van der Waals surface area contributed by atoms with Crippen molar-refractivity contribution in [3.05, 3.63) is 47.1 Å². The van der Waals surface area contributed by atoms with Crippen LogP contribution in [0.4, 0.5) is 4.39 Å². The molecule has 3 fully saturated rings. The molecular formula is C28H37FO2. The number of halogens is 1. The summed E-state index contributed by atoms with van der Waals surface area (Å²) < 4.78 is 14.1. The predicted molar refractivity (Wildman–Crippen MR) is 124 cm³/mol. The van der Waals surface area contributed by atoms with Crippen LogP contribution in [-0.4, -0.2) is 28.1 Å². The lowest BCUT2D eigenvalue weighted by molar-refractivity contribution is 0.124. The zero-order valence-corrected chi connectivity index (χ0v) is 19.3. The summed E-state index contributed by atoms with van der Waals surface area (Å²) in [6, 6.07) is 0. The highest BCUT2D eigenvalue weighted by Gasteiger charge is 2.56. The Bertz CT molecular complexity index is 900. The predicted octanol–water partition coefficient (Wildman–Crippen LogP) is 5.97. The third-order valence-electron chi connectivity index (χ3n) is 8.02. The smallest absolute Gasteiger partial charge is 0.127 e. The molecule has 3 heteroatoms. The molecule has 2 N–H and O–H groups in total. The van der Waals surface area contributed by atoms with Crippen LogP contribution in [0.3, 0.4) is 0 Å². The van der Waals surface area contributed by atoms with Gasteiger partial charge in [0.2, 0.25) is 0 Å². The number of fused-ring (bicyclic) bond motifs is 1. The van der Waals surface area contributed by atoms with E-state index in [2.05, 4.69) is 37.5 Å². The molecule has 0 aromatic heterocycles. The number of aliphatic hydroxyl groups is 2. The van der Waals surface area contributed by atoms with Crippen LogP contribution in [0.15, 0.2) is 47.1 Å². The first-order valence-corrected chi connectivity index (χ1v) is 11.9. The Morgan fingerprint density at radius 1 is 1.29 bits per heavy atom. The van der Waals surface area contributed by atoms with E-state index in [1.165, 1.54) is 31.3 Å². The maximum absolute atomic E-state index is 14.1. The summed E-state index contributed by atoms with van der Waals surface area (Å²) in [6.07, 6.45) is 13.4. The summed E-state index contributed by atoms with van der Waals surface area (Å²) in [4.78, 5) is 0. The molecule has 0 amide bonds. The quantitative estimate of drug-likeness (QED) is 0.433. The lowest BCUT2D eigenvalue weighted by Crippen LogP contribution is -2.33. The normalized spacial score (nSPS) is 37.3. The maximum atomic E-state index is 14.1. The van der Waals surface area contributed by atoms with Crippen molar-refractivity contribution in [2.75, 3.05) is 0 Å². The first-order chi connectivity index (χ1) is 14.5. The van der Waals surface area contributed by atoms with Gasteiger partial charge in [-0.2, -0.15) is 0 Å². The first kappa shape index (κ1) is 22.6. The number of rotatable bonds is 3. The Kier molecular flexibility index (Phi) is 5.86. The molecular weight excluding hydrogens is 387 g/mol. The van der Waals surface area contributed by atoms with Gasteiger partial charge in [0.25, 0.3) is 0 Å². The van der Waals surface area contributed by atoms with Gasteiger partial charge in [0.05, 0.1) is 6.10 Å². The molecule has 4 aliphatic rings. The van der Waals surface area contributed by atoms with E-state index in [9.17, 15) is 14.6 Å². The average molecular weight is 425 g/mol. The van der Waals surface area contributed by atoms with Gasteiger partial charge in [0.1, 0.15) is 11.8 Å². The van der Waals surface area contributed by atoms with Gasteiger partial charge in [0, 0.05) is 18.3 Å². The van der Waals surface area contributed by atoms with Gasteiger partial charge in [-0.25, -0.2) is 4.39 Å². The average Bonchev–Trinajstić information content (AvgIpc) is 3.35. The number of aliphatic hydroxyl groups excluding tert-OH is 1. The van der Waals surface area contributed by atoms with Crippen molar-refractivity contribution in [3.8, 4) is 11.8 Å². The van der Waals surface area contributed by atoms with E-state index < -0.39 is 17.9 Å². The molecule has 2 nitrogen and oxygen atoms in total. The Morgan fingerprint density at radius 3 is 2.71 bits per heavy atom. The van der Waals surface area contributed by atoms with Crippen LogP contribution >= 0.6 is 0 Å². The molecule has 4 aliphatic carbocycles. The molecule has 0 bridgehead atoms. The van der Waals surface area contributed by atoms with Crippen molar-refractivity contribution in [1.82, 2.24) is 0 Å². The SMILES string of the molecule is C=C1C(=CC=C2CCC[C@]3(C)C(C4(CC#CC(C)(C)O)CC4)=CCC23)CC(O)C[C@@H]1F. The number of alkyl halides is 1. The zero-order chi connectivity index (χ0) is 22.4. The van der Waals surface area contributed by atoms with Crippen LogP contribution in [0, 0.1) is 28.6 Å². The molecule has 168 valence electrons. The second-order valence-electron chi connectivity index (χ2n) is 11.0. The molecule has 31 heavy (non-hydrogen) atoms. The van der Waals surface area contributed by atoms with Crippen molar-refractivity contribution in [2.45, 2.75) is 96.4 Å². The summed E-state index contributed by atoms with van der Waals surface area (Å²) >= 11 is 0. The second kappa shape index (κ2) is 8.05. The largest absolute Gasteiger partial charge is 0.393 e. The van der Waals surface area contributed by atoms with Crippen molar-refractivity contribution in [2.24, 2.45) is 16.7 Å². The lowest BCUT2D eigenvalue weighted by atomic mass is 9.61. The molecule has 0 spiro atoms. The standard InChI is InChI=1S/C28H37FO2/c1-19-21(17-22(30)18-24(19)29)9-8-20-7-5-13-27(4)23(20)10-11-25(27)28(15-16-28)14-6-12-26(2,3)31/h8-9,11,22-24,30-31H,1,5,7,10,13-18H2,2-4H3/t22?,23?,24-,27-/m0/s1. The summed E-state index contributed by atoms with van der Waals surface area (Å²) in [5.74, 6) is 6.77. The lowest BCUT2D eigenvalue weighted by Gasteiger charge is -2.43. The van der Waals surface area contributed by atoms with Gasteiger partial charge in [-0.1, -0.05) is 54.7 Å². The highest BCUT2D eigenvalue weighted by molar-refractivity contribution is 5.42. The molecule has 0 radical (unpaired) electrons. The van der Waals surface area contributed by atoms with Crippen LogP contribution in [-0.2, 0) is 0 Å². The molecule has 0 aromatic carbocycles. The minimum absolute atomic E-state index is 0.166. The molecule has 0 aromatic rings. The fourth-order valence-electron chi connectivity index (χ4n) is 6.20. The van der Waals surface area contributed by atoms with E-state index in [-0.39, 0.29) is 17.3 Å². The summed E-state index contributed by atoms with van der Waals surface area (Å²) in [7, 11) is 0. The highest BCUT2D eigenvalue weighted by Crippen LogP contribution is 2.67. The van der Waals surface area contributed by atoms with E-state index in [4.69, 9.17) is 0 Å². The third kappa shape index (κ3) is 4.48. The molecule has 0 heterocycles. The van der Waals surface area contributed by atoms with Gasteiger partial charge in [-0.15, -0.1) is 0 Å². The van der Waals surface area contributed by atoms with Crippen molar-refractivity contribution >= 4 is 0 Å². The van der Waals surface area contributed by atoms with E-state index in [0.717, 1.165) is 24.8 Å². The van der Waals surface area contributed by atoms with Gasteiger partial charge < -0.3 is 10.2 Å². The zero-order valence-electron chi connectivity index (χ0n) is 19.3. The van der Waals surface area contributed by atoms with Crippen molar-refractivity contribution in [1.29, 1.82) is 0 Å². The Labute approximate surface area is 187 Å². The molecule has 3 saturated carbocycles. The second-order valence-corrected chi connectivity index (χ2v) is 11.0. The fourth-order valence-corrected chi connectivity index (χ4v) is 6.20. The maximum Gasteiger partial charge on any atom is 0.127 e. The van der Waals surface area contributed by atoms with E-state index >= 15 is 0 Å². The summed E-state index contributed by atoms with van der Waals surface area (Å²) in [5.41, 5.74) is 3.87. The summed E-state index contributed by atoms with van der Waals surface area (Å²) in [5, 5.41) is 19.9. The number of hydrogen-bond donors (Lipinski definition) is 2. The van der Waals surface area contributed by atoms with Gasteiger partial charge in [-0.3, -0.25) is 0 Å². The van der Waals surface area contributed by atoms with E-state index in [1.807, 2.05) is 6.08 Å². The van der Waals surface area contributed by atoms with Gasteiger partial charge >= 0.3 is 0 Å². The molecule has 0 aliphatic heterocycles. The van der Waals surface area contributed by atoms with Crippen molar-refractivity contribution < 1.29 is 14.6 Å². The minimum Gasteiger partial charge on any atom is -0.393 e.